The summed E-state index contributed by atoms with van der Waals surface area (Å²) in [6, 6.07) is 13.1. The van der Waals surface area contributed by atoms with Crippen LogP contribution >= 0.6 is 0 Å². The standard InChI is InChI=1S/C21H21FN4O2/c1-25-8-10-26(11-9-25)17-6-4-16(5-7-17)23-20(27)18-12-14-2-3-15(22)13-19(14)24-21(18)28/h2-7,12-13H,8-11H2,1H3,(H,23,27)(H,24,28). The van der Waals surface area contributed by atoms with Gasteiger partial charge in [0, 0.05) is 37.6 Å². The fourth-order valence-corrected chi connectivity index (χ4v) is 3.36. The number of rotatable bonds is 3. The summed E-state index contributed by atoms with van der Waals surface area (Å²) in [6.45, 7) is 3.98. The number of benzene rings is 2. The first kappa shape index (κ1) is 18.2. The minimum atomic E-state index is -0.551. The number of piperazine rings is 1. The highest BCUT2D eigenvalue weighted by molar-refractivity contribution is 6.05. The zero-order valence-electron chi connectivity index (χ0n) is 15.5. The van der Waals surface area contributed by atoms with E-state index >= 15 is 0 Å². The number of amides is 1. The largest absolute Gasteiger partial charge is 0.369 e. The van der Waals surface area contributed by atoms with E-state index in [1.165, 1.54) is 24.3 Å². The maximum absolute atomic E-state index is 13.3. The summed E-state index contributed by atoms with van der Waals surface area (Å²) >= 11 is 0. The zero-order valence-corrected chi connectivity index (χ0v) is 15.5. The molecule has 1 amide bonds. The summed E-state index contributed by atoms with van der Waals surface area (Å²) in [7, 11) is 2.11. The number of carbonyl (C=O) groups is 1. The Kier molecular flexibility index (Phi) is 4.83. The Hall–Kier alpha value is -3.19. The van der Waals surface area contributed by atoms with Crippen molar-refractivity contribution in [3.63, 3.8) is 0 Å². The Morgan fingerprint density at radius 2 is 1.75 bits per heavy atom. The van der Waals surface area contributed by atoms with Crippen LogP contribution in [-0.4, -0.2) is 49.0 Å². The van der Waals surface area contributed by atoms with Crippen LogP contribution in [0.3, 0.4) is 0 Å². The van der Waals surface area contributed by atoms with Crippen molar-refractivity contribution < 1.29 is 9.18 Å². The number of H-pyrrole nitrogens is 1. The number of nitrogens with one attached hydrogen (secondary N) is 2. The Balaban J connectivity index is 1.50. The molecule has 7 heteroatoms. The molecule has 2 heterocycles. The lowest BCUT2D eigenvalue weighted by molar-refractivity contribution is 0.102. The lowest BCUT2D eigenvalue weighted by Gasteiger charge is -2.34. The zero-order chi connectivity index (χ0) is 19.7. The van der Waals surface area contributed by atoms with Gasteiger partial charge in [-0.15, -0.1) is 0 Å². The fraction of sp³-hybridized carbons (Fsp3) is 0.238. The molecule has 0 spiro atoms. The van der Waals surface area contributed by atoms with E-state index in [0.717, 1.165) is 31.9 Å². The van der Waals surface area contributed by atoms with E-state index in [-0.39, 0.29) is 5.56 Å². The molecular weight excluding hydrogens is 359 g/mol. The van der Waals surface area contributed by atoms with Crippen LogP contribution in [0.15, 0.2) is 53.3 Å². The van der Waals surface area contributed by atoms with Crippen LogP contribution in [-0.2, 0) is 0 Å². The highest BCUT2D eigenvalue weighted by Crippen LogP contribution is 2.20. The Bertz CT molecular complexity index is 1070. The number of anilines is 2. The first-order chi connectivity index (χ1) is 13.5. The number of hydrogen-bond acceptors (Lipinski definition) is 4. The average Bonchev–Trinajstić information content (AvgIpc) is 2.68. The van der Waals surface area contributed by atoms with Crippen LogP contribution in [0, 0.1) is 5.82 Å². The van der Waals surface area contributed by atoms with Gasteiger partial charge in [0.25, 0.3) is 11.5 Å². The van der Waals surface area contributed by atoms with E-state index in [0.29, 0.717) is 16.6 Å². The molecule has 1 aliphatic rings. The number of likely N-dealkylation sites (N-methyl/N-ethyl adjacent to an activating group) is 1. The van der Waals surface area contributed by atoms with Crippen LogP contribution in [0.5, 0.6) is 0 Å². The molecule has 144 valence electrons. The monoisotopic (exact) mass is 380 g/mol. The molecular formula is C21H21FN4O2. The van der Waals surface area contributed by atoms with E-state index in [9.17, 15) is 14.0 Å². The third-order valence-electron chi connectivity index (χ3n) is 5.05. The number of pyridine rings is 1. The van der Waals surface area contributed by atoms with E-state index in [4.69, 9.17) is 0 Å². The molecule has 0 radical (unpaired) electrons. The molecule has 3 aromatic rings. The predicted molar refractivity (Wildman–Crippen MR) is 109 cm³/mol. The normalized spacial score (nSPS) is 15.0. The maximum Gasteiger partial charge on any atom is 0.261 e. The average molecular weight is 380 g/mol. The lowest BCUT2D eigenvalue weighted by Crippen LogP contribution is -2.44. The van der Waals surface area contributed by atoms with E-state index < -0.39 is 17.3 Å². The molecule has 28 heavy (non-hydrogen) atoms. The lowest BCUT2D eigenvalue weighted by atomic mass is 10.1. The number of aromatic nitrogens is 1. The molecule has 0 unspecified atom stereocenters. The summed E-state index contributed by atoms with van der Waals surface area (Å²) in [5.41, 5.74) is 1.52. The van der Waals surface area contributed by atoms with Gasteiger partial charge in [-0.2, -0.15) is 0 Å². The van der Waals surface area contributed by atoms with Crippen LogP contribution < -0.4 is 15.8 Å². The fourth-order valence-electron chi connectivity index (χ4n) is 3.36. The minimum Gasteiger partial charge on any atom is -0.369 e. The number of fused-ring (bicyclic) bond motifs is 1. The Labute approximate surface area is 161 Å². The number of halogens is 1. The van der Waals surface area contributed by atoms with Gasteiger partial charge in [-0.25, -0.2) is 4.39 Å². The van der Waals surface area contributed by atoms with Gasteiger partial charge < -0.3 is 20.1 Å². The molecule has 1 fully saturated rings. The summed E-state index contributed by atoms with van der Waals surface area (Å²) in [6.07, 6.45) is 0. The van der Waals surface area contributed by atoms with E-state index in [1.54, 1.807) is 0 Å². The van der Waals surface area contributed by atoms with Gasteiger partial charge in [-0.3, -0.25) is 9.59 Å². The predicted octanol–water partition coefficient (Wildman–Crippen LogP) is 2.67. The molecule has 6 nitrogen and oxygen atoms in total. The van der Waals surface area contributed by atoms with E-state index in [1.807, 2.05) is 24.3 Å². The number of carbonyl (C=O) groups excluding carboxylic acids is 1. The minimum absolute atomic E-state index is 0.0118. The van der Waals surface area contributed by atoms with Gasteiger partial charge in [0.15, 0.2) is 0 Å². The second kappa shape index (κ2) is 7.44. The van der Waals surface area contributed by atoms with Gasteiger partial charge in [0.2, 0.25) is 0 Å². The molecule has 1 aromatic heterocycles. The molecule has 0 atom stereocenters. The summed E-state index contributed by atoms with van der Waals surface area (Å²) in [5.74, 6) is -0.944. The third-order valence-corrected chi connectivity index (χ3v) is 5.05. The number of aromatic amines is 1. The van der Waals surface area contributed by atoms with Crippen molar-refractivity contribution in [3.8, 4) is 0 Å². The van der Waals surface area contributed by atoms with Crippen molar-refractivity contribution in [1.29, 1.82) is 0 Å². The molecule has 4 rings (SSSR count). The van der Waals surface area contributed by atoms with Crippen molar-refractivity contribution in [3.05, 3.63) is 70.3 Å². The molecule has 2 N–H and O–H groups in total. The first-order valence-corrected chi connectivity index (χ1v) is 9.17. The number of hydrogen-bond donors (Lipinski definition) is 2. The molecule has 2 aromatic carbocycles. The van der Waals surface area contributed by atoms with Gasteiger partial charge in [0.05, 0.1) is 5.52 Å². The van der Waals surface area contributed by atoms with Crippen molar-refractivity contribution >= 4 is 28.2 Å². The number of nitrogens with zero attached hydrogens (tertiary/aromatic N) is 2. The quantitative estimate of drug-likeness (QED) is 0.733. The molecule has 0 bridgehead atoms. The smallest absolute Gasteiger partial charge is 0.261 e. The second-order valence-electron chi connectivity index (χ2n) is 7.04. The second-order valence-corrected chi connectivity index (χ2v) is 7.04. The molecule has 1 saturated heterocycles. The molecule has 0 saturated carbocycles. The van der Waals surface area contributed by atoms with Crippen molar-refractivity contribution in [2.24, 2.45) is 0 Å². The van der Waals surface area contributed by atoms with Crippen molar-refractivity contribution in [1.82, 2.24) is 9.88 Å². The Morgan fingerprint density at radius 3 is 2.46 bits per heavy atom. The van der Waals surface area contributed by atoms with Gasteiger partial charge in [0.1, 0.15) is 11.4 Å². The van der Waals surface area contributed by atoms with Gasteiger partial charge in [-0.05, 0) is 61.0 Å². The maximum atomic E-state index is 13.3. The SMILES string of the molecule is CN1CCN(c2ccc(NC(=O)c3cc4ccc(F)cc4[nH]c3=O)cc2)CC1. The first-order valence-electron chi connectivity index (χ1n) is 9.17. The van der Waals surface area contributed by atoms with Crippen LogP contribution in [0.2, 0.25) is 0 Å². The summed E-state index contributed by atoms with van der Waals surface area (Å²) in [4.78, 5) is 31.9. The molecule has 0 aliphatic carbocycles. The molecule has 1 aliphatic heterocycles. The van der Waals surface area contributed by atoms with Crippen LogP contribution in [0.4, 0.5) is 15.8 Å². The van der Waals surface area contributed by atoms with Gasteiger partial charge >= 0.3 is 0 Å². The van der Waals surface area contributed by atoms with Crippen molar-refractivity contribution in [2.75, 3.05) is 43.4 Å². The van der Waals surface area contributed by atoms with E-state index in [2.05, 4.69) is 27.1 Å². The summed E-state index contributed by atoms with van der Waals surface area (Å²) in [5, 5.41) is 3.35. The summed E-state index contributed by atoms with van der Waals surface area (Å²) < 4.78 is 13.3. The van der Waals surface area contributed by atoms with Crippen LogP contribution in [0.25, 0.3) is 10.9 Å². The van der Waals surface area contributed by atoms with Gasteiger partial charge in [-0.1, -0.05) is 0 Å². The highest BCUT2D eigenvalue weighted by atomic mass is 19.1. The Morgan fingerprint density at radius 1 is 1.04 bits per heavy atom. The van der Waals surface area contributed by atoms with Crippen molar-refractivity contribution in [2.45, 2.75) is 0 Å². The highest BCUT2D eigenvalue weighted by Gasteiger charge is 2.15. The van der Waals surface area contributed by atoms with Crippen LogP contribution in [0.1, 0.15) is 10.4 Å². The third kappa shape index (κ3) is 3.75. The topological polar surface area (TPSA) is 68.4 Å².